The van der Waals surface area contributed by atoms with Gasteiger partial charge in [-0.3, -0.25) is 0 Å². The highest BCUT2D eigenvalue weighted by atomic mass is 14.1. The van der Waals surface area contributed by atoms with Gasteiger partial charge in [0.15, 0.2) is 0 Å². The predicted octanol–water partition coefficient (Wildman–Crippen LogP) is 6.06. The van der Waals surface area contributed by atoms with Crippen LogP contribution in [0.25, 0.3) is 11.1 Å². The average Bonchev–Trinajstić information content (AvgIpc) is 2.55. The molecule has 0 heteroatoms. The van der Waals surface area contributed by atoms with Crippen molar-refractivity contribution in [3.63, 3.8) is 0 Å². The van der Waals surface area contributed by atoms with Crippen LogP contribution in [0.4, 0.5) is 0 Å². The van der Waals surface area contributed by atoms with Gasteiger partial charge in [0.05, 0.1) is 0 Å². The van der Waals surface area contributed by atoms with Crippen LogP contribution in [0.2, 0.25) is 0 Å². The minimum atomic E-state index is 1.08. The molecule has 0 amide bonds. The van der Waals surface area contributed by atoms with Gasteiger partial charge in [-0.25, -0.2) is 0 Å². The smallest absolute Gasteiger partial charge is 0.0149 e. The number of hydrogen-bond donors (Lipinski definition) is 0. The van der Waals surface area contributed by atoms with E-state index in [0.717, 1.165) is 12.8 Å². The molecule has 0 fully saturated rings. The Balaban J connectivity index is 1.94. The van der Waals surface area contributed by atoms with Crippen LogP contribution >= 0.6 is 0 Å². The maximum atomic E-state index is 2.34. The predicted molar refractivity (Wildman–Crippen MR) is 99.9 cm³/mol. The van der Waals surface area contributed by atoms with Crippen LogP contribution < -0.4 is 0 Å². The van der Waals surface area contributed by atoms with Crippen molar-refractivity contribution in [3.05, 3.63) is 94.5 Å². The second-order valence-corrected chi connectivity index (χ2v) is 6.46. The Labute approximate surface area is 139 Å². The van der Waals surface area contributed by atoms with Crippen LogP contribution in [-0.4, -0.2) is 0 Å². The van der Waals surface area contributed by atoms with Gasteiger partial charge in [-0.05, 0) is 61.4 Å². The van der Waals surface area contributed by atoms with Gasteiger partial charge in [0.25, 0.3) is 0 Å². The Hall–Kier alpha value is -2.34. The molecular weight excluding hydrogens is 276 g/mol. The van der Waals surface area contributed by atoms with Gasteiger partial charge >= 0.3 is 0 Å². The molecule has 0 spiro atoms. The third-order valence-electron chi connectivity index (χ3n) is 4.46. The molecule has 3 aromatic carbocycles. The lowest BCUT2D eigenvalue weighted by molar-refractivity contribution is 0.959. The third-order valence-corrected chi connectivity index (χ3v) is 4.46. The summed E-state index contributed by atoms with van der Waals surface area (Å²) in [4.78, 5) is 0. The van der Waals surface area contributed by atoms with Crippen molar-refractivity contribution in [2.24, 2.45) is 0 Å². The number of benzene rings is 3. The van der Waals surface area contributed by atoms with E-state index >= 15 is 0 Å². The molecule has 116 valence electrons. The zero-order chi connectivity index (χ0) is 16.2. The van der Waals surface area contributed by atoms with Crippen molar-refractivity contribution in [3.8, 4) is 11.1 Å². The van der Waals surface area contributed by atoms with Gasteiger partial charge in [-0.1, -0.05) is 77.9 Å². The quantitative estimate of drug-likeness (QED) is 0.549. The van der Waals surface area contributed by atoms with Crippen molar-refractivity contribution in [2.45, 2.75) is 33.6 Å². The topological polar surface area (TPSA) is 0 Å². The van der Waals surface area contributed by atoms with Gasteiger partial charge < -0.3 is 0 Å². The lowest BCUT2D eigenvalue weighted by atomic mass is 9.91. The molecule has 0 radical (unpaired) electrons. The maximum Gasteiger partial charge on any atom is -0.0149 e. The molecule has 0 aliphatic heterocycles. The molecule has 0 N–H and O–H groups in total. The van der Waals surface area contributed by atoms with E-state index in [1.165, 1.54) is 38.9 Å². The first-order valence-electron chi connectivity index (χ1n) is 8.34. The highest BCUT2D eigenvalue weighted by Gasteiger charge is 2.08. The maximum absolute atomic E-state index is 2.34. The van der Waals surface area contributed by atoms with Crippen LogP contribution in [0, 0.1) is 20.8 Å². The summed E-state index contributed by atoms with van der Waals surface area (Å²) in [5.41, 5.74) is 9.60. The number of hydrogen-bond acceptors (Lipinski definition) is 0. The Morgan fingerprint density at radius 1 is 0.609 bits per heavy atom. The second kappa shape index (κ2) is 6.83. The van der Waals surface area contributed by atoms with E-state index in [9.17, 15) is 0 Å². The van der Waals surface area contributed by atoms with Crippen molar-refractivity contribution in [1.29, 1.82) is 0 Å². The Kier molecular flexibility index (Phi) is 4.62. The Morgan fingerprint density at radius 3 is 1.96 bits per heavy atom. The molecule has 0 unspecified atom stereocenters. The summed E-state index contributed by atoms with van der Waals surface area (Å²) in [6, 6.07) is 24.4. The summed E-state index contributed by atoms with van der Waals surface area (Å²) in [6.07, 6.45) is 2.16. The van der Waals surface area contributed by atoms with Gasteiger partial charge in [-0.15, -0.1) is 0 Å². The van der Waals surface area contributed by atoms with Crippen molar-refractivity contribution < 1.29 is 0 Å². The normalized spacial score (nSPS) is 10.7. The summed E-state index contributed by atoms with van der Waals surface area (Å²) in [6.45, 7) is 6.54. The van der Waals surface area contributed by atoms with Crippen LogP contribution in [0.5, 0.6) is 0 Å². The summed E-state index contributed by atoms with van der Waals surface area (Å²) in [5, 5.41) is 0. The van der Waals surface area contributed by atoms with Crippen molar-refractivity contribution >= 4 is 0 Å². The summed E-state index contributed by atoms with van der Waals surface area (Å²) in [7, 11) is 0. The number of rotatable bonds is 4. The molecule has 3 rings (SSSR count). The molecule has 0 nitrogen and oxygen atoms in total. The standard InChI is InChI=1S/C23H24/c1-17-9-13-22(19(3)15-17)23-14-10-18(2)16-21(23)12-11-20-7-5-4-6-8-20/h4-10,13-16H,11-12H2,1-3H3. The fraction of sp³-hybridized carbons (Fsp3) is 0.217. The fourth-order valence-corrected chi connectivity index (χ4v) is 3.23. The Bertz CT molecular complexity index is 798. The van der Waals surface area contributed by atoms with E-state index in [1.807, 2.05) is 0 Å². The monoisotopic (exact) mass is 300 g/mol. The molecule has 0 aliphatic rings. The second-order valence-electron chi connectivity index (χ2n) is 6.46. The van der Waals surface area contributed by atoms with Crippen LogP contribution in [-0.2, 0) is 12.8 Å². The highest BCUT2D eigenvalue weighted by molar-refractivity contribution is 5.71. The first-order chi connectivity index (χ1) is 11.1. The lowest BCUT2D eigenvalue weighted by Crippen LogP contribution is -1.96. The molecule has 0 aliphatic carbocycles. The summed E-state index contributed by atoms with van der Waals surface area (Å²) < 4.78 is 0. The lowest BCUT2D eigenvalue weighted by Gasteiger charge is -2.14. The van der Waals surface area contributed by atoms with E-state index in [4.69, 9.17) is 0 Å². The molecule has 0 saturated heterocycles. The van der Waals surface area contributed by atoms with Crippen LogP contribution in [0.1, 0.15) is 27.8 Å². The van der Waals surface area contributed by atoms with Crippen LogP contribution in [0.15, 0.2) is 66.7 Å². The van der Waals surface area contributed by atoms with Gasteiger partial charge in [0, 0.05) is 0 Å². The number of aryl methyl sites for hydroxylation is 5. The molecule has 0 aromatic heterocycles. The molecule has 0 heterocycles. The van der Waals surface area contributed by atoms with Gasteiger partial charge in [-0.2, -0.15) is 0 Å². The summed E-state index contributed by atoms with van der Waals surface area (Å²) >= 11 is 0. The summed E-state index contributed by atoms with van der Waals surface area (Å²) in [5.74, 6) is 0. The largest absolute Gasteiger partial charge is 0.0622 e. The molecule has 0 atom stereocenters. The molecule has 0 saturated carbocycles. The van der Waals surface area contributed by atoms with Gasteiger partial charge in [0.1, 0.15) is 0 Å². The first-order valence-corrected chi connectivity index (χ1v) is 8.34. The van der Waals surface area contributed by atoms with E-state index in [2.05, 4.69) is 87.5 Å². The van der Waals surface area contributed by atoms with E-state index < -0.39 is 0 Å². The third kappa shape index (κ3) is 3.71. The van der Waals surface area contributed by atoms with E-state index in [1.54, 1.807) is 0 Å². The molecular formula is C23H24. The van der Waals surface area contributed by atoms with E-state index in [-0.39, 0.29) is 0 Å². The van der Waals surface area contributed by atoms with E-state index in [0.29, 0.717) is 0 Å². The average molecular weight is 300 g/mol. The Morgan fingerprint density at radius 2 is 1.26 bits per heavy atom. The van der Waals surface area contributed by atoms with Gasteiger partial charge in [0.2, 0.25) is 0 Å². The zero-order valence-electron chi connectivity index (χ0n) is 14.3. The molecule has 0 bridgehead atoms. The van der Waals surface area contributed by atoms with Crippen molar-refractivity contribution in [2.75, 3.05) is 0 Å². The minimum Gasteiger partial charge on any atom is -0.0622 e. The molecule has 3 aromatic rings. The van der Waals surface area contributed by atoms with Crippen molar-refractivity contribution in [1.82, 2.24) is 0 Å². The SMILES string of the molecule is Cc1ccc(-c2ccc(C)cc2CCc2ccccc2)c(C)c1. The minimum absolute atomic E-state index is 1.08. The fourth-order valence-electron chi connectivity index (χ4n) is 3.23. The van der Waals surface area contributed by atoms with Crippen LogP contribution in [0.3, 0.4) is 0 Å². The highest BCUT2D eigenvalue weighted by Crippen LogP contribution is 2.29. The zero-order valence-corrected chi connectivity index (χ0v) is 14.3. The first kappa shape index (κ1) is 15.6. The molecule has 23 heavy (non-hydrogen) atoms.